The molecule has 0 aromatic carbocycles. The summed E-state index contributed by atoms with van der Waals surface area (Å²) in [6, 6.07) is 0. The second-order valence-electron chi connectivity index (χ2n) is 9.96. The number of ether oxygens (including phenoxy) is 4. The monoisotopic (exact) mass is 482 g/mol. The maximum atomic E-state index is 11.5. The molecule has 1 saturated heterocycles. The smallest absolute Gasteiger partial charge is 0.264 e. The number of fused-ring (bicyclic) bond motifs is 1. The minimum atomic E-state index is -3.70. The Morgan fingerprint density at radius 2 is 1.58 bits per heavy atom. The van der Waals surface area contributed by atoms with Crippen molar-refractivity contribution in [2.75, 3.05) is 27.1 Å². The van der Waals surface area contributed by atoms with E-state index in [1.54, 1.807) is 19.9 Å². The van der Waals surface area contributed by atoms with Gasteiger partial charge in [-0.15, -0.1) is 0 Å². The van der Waals surface area contributed by atoms with E-state index in [-0.39, 0.29) is 11.6 Å². The fraction of sp³-hybridized carbons (Fsp3) is 0.900. The molecule has 0 amide bonds. The normalized spacial score (nSPS) is 37.3. The molecule has 182 valence electrons. The third kappa shape index (κ3) is 5.41. The van der Waals surface area contributed by atoms with Gasteiger partial charge in [0, 0.05) is 14.2 Å². The fourth-order valence-electron chi connectivity index (χ4n) is 3.37. The van der Waals surface area contributed by atoms with E-state index in [1.165, 1.54) is 14.2 Å². The number of methoxy groups -OCH3 is 2. The van der Waals surface area contributed by atoms with Crippen molar-refractivity contribution in [2.45, 2.75) is 88.7 Å². The predicted molar refractivity (Wildman–Crippen MR) is 118 cm³/mol. The van der Waals surface area contributed by atoms with Crippen LogP contribution in [0, 0.1) is 0 Å². The molecular formula is C20H38O9SSi. The van der Waals surface area contributed by atoms with Gasteiger partial charge >= 0.3 is 0 Å². The highest BCUT2D eigenvalue weighted by Crippen LogP contribution is 2.46. The number of aliphatic hydroxyl groups excluding tert-OH is 1. The summed E-state index contributed by atoms with van der Waals surface area (Å²) >= 11 is 0. The Balaban J connectivity index is 2.50. The first-order valence-corrected chi connectivity index (χ1v) is 15.0. The van der Waals surface area contributed by atoms with Crippen molar-refractivity contribution in [3.63, 3.8) is 0 Å². The minimum absolute atomic E-state index is 0.0864. The van der Waals surface area contributed by atoms with Gasteiger partial charge in [-0.3, -0.25) is 4.18 Å². The van der Waals surface area contributed by atoms with Gasteiger partial charge in [0.15, 0.2) is 8.32 Å². The van der Waals surface area contributed by atoms with Crippen LogP contribution in [0.4, 0.5) is 0 Å². The third-order valence-corrected chi connectivity index (χ3v) is 11.7. The van der Waals surface area contributed by atoms with Crippen LogP contribution in [0.1, 0.15) is 34.6 Å². The van der Waals surface area contributed by atoms with Crippen molar-refractivity contribution >= 4 is 18.4 Å². The lowest BCUT2D eigenvalue weighted by Gasteiger charge is -2.56. The summed E-state index contributed by atoms with van der Waals surface area (Å²) in [6.45, 7) is 13.6. The summed E-state index contributed by atoms with van der Waals surface area (Å²) in [4.78, 5) is 0. The second-order valence-corrected chi connectivity index (χ2v) is 16.4. The van der Waals surface area contributed by atoms with E-state index in [0.29, 0.717) is 5.57 Å². The van der Waals surface area contributed by atoms with Gasteiger partial charge in [0.05, 0.1) is 19.0 Å². The summed E-state index contributed by atoms with van der Waals surface area (Å²) in [6.07, 6.45) is -0.732. The van der Waals surface area contributed by atoms with Crippen LogP contribution in [-0.4, -0.2) is 84.9 Å². The number of hydrogen-bond acceptors (Lipinski definition) is 9. The molecule has 11 heteroatoms. The Kier molecular flexibility index (Phi) is 7.60. The second kappa shape index (κ2) is 8.77. The topological polar surface area (TPSA) is 110 Å². The maximum absolute atomic E-state index is 11.5. The van der Waals surface area contributed by atoms with Crippen molar-refractivity contribution in [3.8, 4) is 0 Å². The van der Waals surface area contributed by atoms with E-state index in [2.05, 4.69) is 33.9 Å². The van der Waals surface area contributed by atoms with E-state index in [4.69, 9.17) is 27.6 Å². The van der Waals surface area contributed by atoms with Crippen molar-refractivity contribution in [1.82, 2.24) is 0 Å². The Morgan fingerprint density at radius 1 is 1.10 bits per heavy atom. The van der Waals surface area contributed by atoms with Crippen molar-refractivity contribution in [3.05, 3.63) is 11.6 Å². The molecule has 1 heterocycles. The van der Waals surface area contributed by atoms with Crippen LogP contribution in [0.2, 0.25) is 18.1 Å². The Labute approximate surface area is 187 Å². The van der Waals surface area contributed by atoms with Gasteiger partial charge in [-0.1, -0.05) is 26.8 Å². The summed E-state index contributed by atoms with van der Waals surface area (Å²) in [5, 5.41) is 10.9. The van der Waals surface area contributed by atoms with Crippen LogP contribution >= 0.6 is 0 Å². The minimum Gasteiger partial charge on any atom is -0.408 e. The molecule has 1 N–H and O–H groups in total. The standard InChI is InChI=1S/C20H38O9SSi/c1-18(2,3)31(9,10)29-14-11-13(12-26-30(8,22)23)15(21)17-16(14)27-19(4,24-6)20(5,25-7)28-17/h11,14-17,21H,12H2,1-10H3/t14-,15+,16-,17-,19+,20+/m0/s1. The number of hydrogen-bond donors (Lipinski definition) is 1. The van der Waals surface area contributed by atoms with Gasteiger partial charge in [-0.25, -0.2) is 0 Å². The van der Waals surface area contributed by atoms with E-state index in [0.717, 1.165) is 6.26 Å². The predicted octanol–water partition coefficient (Wildman–Crippen LogP) is 2.16. The average molecular weight is 483 g/mol. The van der Waals surface area contributed by atoms with Crippen molar-refractivity contribution in [2.24, 2.45) is 0 Å². The lowest BCUT2D eigenvalue weighted by Crippen LogP contribution is -2.70. The van der Waals surface area contributed by atoms with Gasteiger partial charge in [0.1, 0.15) is 18.3 Å². The van der Waals surface area contributed by atoms with Gasteiger partial charge in [0.25, 0.3) is 10.1 Å². The van der Waals surface area contributed by atoms with E-state index >= 15 is 0 Å². The SMILES string of the molecule is CO[C@]1(C)O[C@@H]2[C@@H](O[C@@]1(C)OC)[C@H](O)C(COS(C)(=O)=O)=C[C@@H]2O[Si](C)(C)C(C)(C)C. The summed E-state index contributed by atoms with van der Waals surface area (Å²) in [7, 11) is -3.02. The molecule has 2 rings (SSSR count). The molecule has 0 unspecified atom stereocenters. The highest BCUT2D eigenvalue weighted by Gasteiger charge is 2.61. The molecule has 0 aromatic rings. The van der Waals surface area contributed by atoms with Gasteiger partial charge in [0.2, 0.25) is 11.6 Å². The van der Waals surface area contributed by atoms with Crippen LogP contribution in [-0.2, 0) is 37.7 Å². The summed E-state index contributed by atoms with van der Waals surface area (Å²) < 4.78 is 58.3. The van der Waals surface area contributed by atoms with Crippen LogP contribution in [0.3, 0.4) is 0 Å². The molecule has 1 fully saturated rings. The van der Waals surface area contributed by atoms with Gasteiger partial charge in [-0.2, -0.15) is 8.42 Å². The van der Waals surface area contributed by atoms with Crippen LogP contribution < -0.4 is 0 Å². The summed E-state index contributed by atoms with van der Waals surface area (Å²) in [5.74, 6) is -2.60. The highest BCUT2D eigenvalue weighted by molar-refractivity contribution is 7.86. The molecule has 0 saturated carbocycles. The number of aliphatic hydroxyl groups is 1. The quantitative estimate of drug-likeness (QED) is 0.331. The Morgan fingerprint density at radius 3 is 2.00 bits per heavy atom. The molecule has 0 bridgehead atoms. The maximum Gasteiger partial charge on any atom is 0.264 e. The van der Waals surface area contributed by atoms with Crippen molar-refractivity contribution < 1.29 is 41.1 Å². The van der Waals surface area contributed by atoms with Gasteiger partial charge < -0.3 is 28.5 Å². The molecule has 0 aromatic heterocycles. The fourth-order valence-corrected chi connectivity index (χ4v) is 4.96. The first-order valence-electron chi connectivity index (χ1n) is 10.3. The van der Waals surface area contributed by atoms with Crippen molar-refractivity contribution in [1.29, 1.82) is 0 Å². The zero-order valence-corrected chi connectivity index (χ0v) is 22.0. The zero-order chi connectivity index (χ0) is 24.0. The van der Waals surface area contributed by atoms with E-state index < -0.39 is 54.4 Å². The molecule has 1 aliphatic heterocycles. The van der Waals surface area contributed by atoms with E-state index in [1.807, 2.05) is 0 Å². The van der Waals surface area contributed by atoms with Crippen LogP contribution in [0.5, 0.6) is 0 Å². The van der Waals surface area contributed by atoms with Crippen LogP contribution in [0.15, 0.2) is 11.6 Å². The zero-order valence-electron chi connectivity index (χ0n) is 20.2. The van der Waals surface area contributed by atoms with Crippen LogP contribution in [0.25, 0.3) is 0 Å². The first-order chi connectivity index (χ1) is 13.9. The molecule has 31 heavy (non-hydrogen) atoms. The third-order valence-electron chi connectivity index (χ3n) is 6.72. The first kappa shape index (κ1) is 26.9. The summed E-state index contributed by atoms with van der Waals surface area (Å²) in [5.41, 5.74) is 0.346. The Bertz CT molecular complexity index is 791. The molecule has 9 nitrogen and oxygen atoms in total. The highest BCUT2D eigenvalue weighted by atomic mass is 32.2. The largest absolute Gasteiger partial charge is 0.408 e. The molecule has 1 aliphatic carbocycles. The lowest BCUT2D eigenvalue weighted by molar-refractivity contribution is -0.458. The average Bonchev–Trinajstić information content (AvgIpc) is 2.62. The molecule has 2 aliphatic rings. The van der Waals surface area contributed by atoms with Gasteiger partial charge in [-0.05, 0) is 37.6 Å². The molecular weight excluding hydrogens is 444 g/mol. The lowest BCUT2D eigenvalue weighted by atomic mass is 9.87. The van der Waals surface area contributed by atoms with E-state index in [9.17, 15) is 13.5 Å². The number of rotatable bonds is 7. The molecule has 0 spiro atoms. The molecule has 0 radical (unpaired) electrons. The Hall–Kier alpha value is -0.373. The molecule has 6 atom stereocenters.